The largest absolute Gasteiger partial charge is 0.324 e. The van der Waals surface area contributed by atoms with Gasteiger partial charge in [-0.15, -0.1) is 12.4 Å². The van der Waals surface area contributed by atoms with Crippen LogP contribution in [0.1, 0.15) is 36.6 Å². The molecule has 0 aliphatic carbocycles. The second-order valence-electron chi connectivity index (χ2n) is 4.24. The lowest BCUT2D eigenvalue weighted by molar-refractivity contribution is 0.514. The highest BCUT2D eigenvalue weighted by Crippen LogP contribution is 2.26. The molecule has 2 N–H and O–H groups in total. The average molecular weight is 248 g/mol. The van der Waals surface area contributed by atoms with E-state index < -0.39 is 0 Å². The van der Waals surface area contributed by atoms with Gasteiger partial charge in [-0.3, -0.25) is 0 Å². The van der Waals surface area contributed by atoms with Gasteiger partial charge in [0.15, 0.2) is 0 Å². The van der Waals surface area contributed by atoms with Gasteiger partial charge < -0.3 is 5.73 Å². The van der Waals surface area contributed by atoms with Crippen LogP contribution in [0.2, 0.25) is 5.02 Å². The number of hydrogen-bond donors (Lipinski definition) is 1. The Balaban J connectivity index is 0.00000196. The highest BCUT2D eigenvalue weighted by atomic mass is 35.5. The summed E-state index contributed by atoms with van der Waals surface area (Å²) in [5.74, 6) is 0.454. The molecule has 0 bridgehead atoms. The number of aryl methyl sites for hydroxylation is 2. The van der Waals surface area contributed by atoms with Crippen molar-refractivity contribution in [2.24, 2.45) is 11.7 Å². The summed E-state index contributed by atoms with van der Waals surface area (Å²) < 4.78 is 0. The number of rotatable bonds is 2. The minimum absolute atomic E-state index is 0. The standard InChI is InChI=1S/C12H18ClN.ClH/c1-7(2)12(14)10-5-8(3)11(13)9(4)6-10;/h5-7,12H,14H2,1-4H3;1H/t12-;/m1./s1. The number of nitrogens with two attached hydrogens (primary N) is 1. The zero-order valence-electron chi connectivity index (χ0n) is 9.67. The zero-order chi connectivity index (χ0) is 10.9. The molecule has 0 heterocycles. The van der Waals surface area contributed by atoms with Gasteiger partial charge in [-0.2, -0.15) is 0 Å². The lowest BCUT2D eigenvalue weighted by Crippen LogP contribution is -2.17. The monoisotopic (exact) mass is 247 g/mol. The van der Waals surface area contributed by atoms with Crippen LogP contribution in [0.5, 0.6) is 0 Å². The first-order chi connectivity index (χ1) is 6.43. The van der Waals surface area contributed by atoms with Gasteiger partial charge in [-0.25, -0.2) is 0 Å². The number of hydrogen-bond acceptors (Lipinski definition) is 1. The molecule has 1 atom stereocenters. The molecule has 0 saturated carbocycles. The number of benzene rings is 1. The lowest BCUT2D eigenvalue weighted by atomic mass is 9.94. The van der Waals surface area contributed by atoms with Gasteiger partial charge in [-0.05, 0) is 36.5 Å². The van der Waals surface area contributed by atoms with E-state index in [9.17, 15) is 0 Å². The molecule has 0 aliphatic heterocycles. The van der Waals surface area contributed by atoms with Crippen LogP contribution < -0.4 is 5.73 Å². The molecule has 0 spiro atoms. The maximum atomic E-state index is 6.09. The van der Waals surface area contributed by atoms with Crippen molar-refractivity contribution in [1.29, 1.82) is 0 Å². The Morgan fingerprint density at radius 1 is 1.13 bits per heavy atom. The van der Waals surface area contributed by atoms with Crippen molar-refractivity contribution in [2.75, 3.05) is 0 Å². The fourth-order valence-electron chi connectivity index (χ4n) is 1.56. The van der Waals surface area contributed by atoms with Crippen molar-refractivity contribution < 1.29 is 0 Å². The van der Waals surface area contributed by atoms with E-state index >= 15 is 0 Å². The first-order valence-corrected chi connectivity index (χ1v) is 5.33. The summed E-state index contributed by atoms with van der Waals surface area (Å²) in [5, 5.41) is 0.852. The van der Waals surface area contributed by atoms with Crippen LogP contribution in [0, 0.1) is 19.8 Å². The molecule has 86 valence electrons. The van der Waals surface area contributed by atoms with E-state index in [1.165, 1.54) is 5.56 Å². The van der Waals surface area contributed by atoms with Crippen molar-refractivity contribution >= 4 is 24.0 Å². The van der Waals surface area contributed by atoms with Crippen LogP contribution in [0.3, 0.4) is 0 Å². The molecule has 0 aromatic heterocycles. The summed E-state index contributed by atoms with van der Waals surface area (Å²) in [6.07, 6.45) is 0. The van der Waals surface area contributed by atoms with E-state index in [0.717, 1.165) is 16.1 Å². The Bertz CT molecular complexity index is 311. The normalized spacial score (nSPS) is 12.5. The van der Waals surface area contributed by atoms with Crippen LogP contribution >= 0.6 is 24.0 Å². The van der Waals surface area contributed by atoms with E-state index in [0.29, 0.717) is 5.92 Å². The smallest absolute Gasteiger partial charge is 0.0464 e. The highest BCUT2D eigenvalue weighted by Gasteiger charge is 2.12. The van der Waals surface area contributed by atoms with E-state index in [2.05, 4.69) is 26.0 Å². The van der Waals surface area contributed by atoms with Gasteiger partial charge in [-0.1, -0.05) is 37.6 Å². The molecule has 1 rings (SSSR count). The minimum Gasteiger partial charge on any atom is -0.324 e. The molecule has 3 heteroatoms. The first-order valence-electron chi connectivity index (χ1n) is 4.95. The van der Waals surface area contributed by atoms with Crippen LogP contribution in [0.25, 0.3) is 0 Å². The van der Waals surface area contributed by atoms with E-state index in [1.807, 2.05) is 13.8 Å². The SMILES string of the molecule is Cc1cc([C@H](N)C(C)C)cc(C)c1Cl.Cl. The van der Waals surface area contributed by atoms with E-state index in [-0.39, 0.29) is 18.4 Å². The summed E-state index contributed by atoms with van der Waals surface area (Å²) in [7, 11) is 0. The molecule has 0 fully saturated rings. The third-order valence-corrected chi connectivity index (χ3v) is 3.16. The maximum absolute atomic E-state index is 6.09. The van der Waals surface area contributed by atoms with Crippen molar-refractivity contribution in [2.45, 2.75) is 33.7 Å². The molecule has 1 aromatic rings. The Morgan fingerprint density at radius 3 is 1.87 bits per heavy atom. The molecule has 15 heavy (non-hydrogen) atoms. The highest BCUT2D eigenvalue weighted by molar-refractivity contribution is 6.32. The quantitative estimate of drug-likeness (QED) is 0.839. The van der Waals surface area contributed by atoms with Crippen LogP contribution in [-0.4, -0.2) is 0 Å². The van der Waals surface area contributed by atoms with Gasteiger partial charge >= 0.3 is 0 Å². The molecule has 1 nitrogen and oxygen atoms in total. The van der Waals surface area contributed by atoms with E-state index in [4.69, 9.17) is 17.3 Å². The topological polar surface area (TPSA) is 26.0 Å². The molecule has 0 radical (unpaired) electrons. The van der Waals surface area contributed by atoms with Gasteiger partial charge in [0.05, 0.1) is 0 Å². The summed E-state index contributed by atoms with van der Waals surface area (Å²) in [5.41, 5.74) is 9.48. The maximum Gasteiger partial charge on any atom is 0.0464 e. The Kier molecular flexibility index (Phi) is 5.65. The van der Waals surface area contributed by atoms with Crippen LogP contribution in [0.4, 0.5) is 0 Å². The molecule has 0 aliphatic rings. The van der Waals surface area contributed by atoms with Gasteiger partial charge in [0.25, 0.3) is 0 Å². The fraction of sp³-hybridized carbons (Fsp3) is 0.500. The Morgan fingerprint density at radius 2 is 1.53 bits per heavy atom. The molecule has 1 aromatic carbocycles. The average Bonchev–Trinajstić information content (AvgIpc) is 2.12. The predicted molar refractivity (Wildman–Crippen MR) is 69.9 cm³/mol. The van der Waals surface area contributed by atoms with E-state index in [1.54, 1.807) is 0 Å². The second-order valence-corrected chi connectivity index (χ2v) is 4.62. The van der Waals surface area contributed by atoms with Crippen LogP contribution in [0.15, 0.2) is 12.1 Å². The van der Waals surface area contributed by atoms with Crippen molar-refractivity contribution in [3.05, 3.63) is 33.8 Å². The number of halogens is 2. The van der Waals surface area contributed by atoms with Crippen molar-refractivity contribution in [3.8, 4) is 0 Å². The molecular weight excluding hydrogens is 229 g/mol. The Hall–Kier alpha value is -0.240. The van der Waals surface area contributed by atoms with Crippen LogP contribution in [-0.2, 0) is 0 Å². The van der Waals surface area contributed by atoms with Gasteiger partial charge in [0, 0.05) is 11.1 Å². The van der Waals surface area contributed by atoms with Gasteiger partial charge in [0.1, 0.15) is 0 Å². The second kappa shape index (κ2) is 5.74. The molecule has 0 unspecified atom stereocenters. The first kappa shape index (κ1) is 14.8. The minimum atomic E-state index is 0. The van der Waals surface area contributed by atoms with Crippen molar-refractivity contribution in [3.63, 3.8) is 0 Å². The Labute approximate surface area is 103 Å². The fourth-order valence-corrected chi connectivity index (χ4v) is 1.67. The molecule has 0 saturated heterocycles. The third kappa shape index (κ3) is 3.37. The predicted octanol–water partition coefficient (Wildman–Crippen LogP) is 4.03. The summed E-state index contributed by atoms with van der Waals surface area (Å²) in [6.45, 7) is 8.30. The summed E-state index contributed by atoms with van der Waals surface area (Å²) in [6, 6.07) is 4.27. The molecular formula is C12H19Cl2N. The van der Waals surface area contributed by atoms with Crippen molar-refractivity contribution in [1.82, 2.24) is 0 Å². The third-order valence-electron chi connectivity index (χ3n) is 2.56. The summed E-state index contributed by atoms with van der Waals surface area (Å²) in [4.78, 5) is 0. The molecule has 0 amide bonds. The van der Waals surface area contributed by atoms with Gasteiger partial charge in [0.2, 0.25) is 0 Å². The lowest BCUT2D eigenvalue weighted by Gasteiger charge is -2.18. The zero-order valence-corrected chi connectivity index (χ0v) is 11.2. The summed E-state index contributed by atoms with van der Waals surface area (Å²) >= 11 is 6.09.